The highest BCUT2D eigenvalue weighted by Crippen LogP contribution is 2.31. The van der Waals surface area contributed by atoms with Gasteiger partial charge in [-0.25, -0.2) is 5.41 Å². The number of nitrogens with one attached hydrogen (secondary N) is 1. The van der Waals surface area contributed by atoms with E-state index in [1.807, 2.05) is 18.2 Å². The second-order valence-corrected chi connectivity index (χ2v) is 10.2. The third-order valence-electron chi connectivity index (χ3n) is 6.89. The van der Waals surface area contributed by atoms with Gasteiger partial charge < -0.3 is 23.9 Å². The maximum atomic E-state index is 10.7. The number of hydrogen-bond acceptors (Lipinski definition) is 7. The van der Waals surface area contributed by atoms with Crippen molar-refractivity contribution in [1.29, 1.82) is 5.41 Å². The Balaban J connectivity index is 1.14. The van der Waals surface area contributed by atoms with Crippen LogP contribution in [0.5, 0.6) is 5.75 Å². The molecular formula is C29H32N3O4S+. The number of thioether (sulfide) groups is 1. The highest BCUT2D eigenvalue weighted by molar-refractivity contribution is 8.12. The van der Waals surface area contributed by atoms with Crippen LogP contribution < -0.4 is 10.1 Å². The molecule has 8 heteroatoms. The van der Waals surface area contributed by atoms with Crippen LogP contribution >= 0.6 is 11.8 Å². The highest BCUT2D eigenvalue weighted by Gasteiger charge is 2.23. The summed E-state index contributed by atoms with van der Waals surface area (Å²) in [5.74, 6) is 1.51. The van der Waals surface area contributed by atoms with Crippen molar-refractivity contribution in [3.05, 3.63) is 78.1 Å². The molecule has 7 nitrogen and oxygen atoms in total. The van der Waals surface area contributed by atoms with Gasteiger partial charge in [0.05, 0.1) is 5.39 Å². The molecular weight excluding hydrogens is 486 g/mol. The minimum absolute atomic E-state index is 0.0150. The molecule has 1 fully saturated rings. The van der Waals surface area contributed by atoms with Gasteiger partial charge in [0.15, 0.2) is 0 Å². The quantitative estimate of drug-likeness (QED) is 0.252. The van der Waals surface area contributed by atoms with Gasteiger partial charge in [0.2, 0.25) is 5.76 Å². The summed E-state index contributed by atoms with van der Waals surface area (Å²) >= 11 is 1.14. The Hall–Kier alpha value is -3.33. The Morgan fingerprint density at radius 1 is 1.11 bits per heavy atom. The molecule has 0 bridgehead atoms. The maximum Gasteiger partial charge on any atom is 0.410 e. The lowest BCUT2D eigenvalue weighted by molar-refractivity contribution is -0.132. The zero-order valence-corrected chi connectivity index (χ0v) is 21.7. The molecule has 2 heterocycles. The maximum absolute atomic E-state index is 10.7. The van der Waals surface area contributed by atoms with E-state index in [0.717, 1.165) is 43.1 Å². The Morgan fingerprint density at radius 3 is 2.68 bits per heavy atom. The molecule has 0 unspecified atom stereocenters. The molecule has 4 aromatic rings. The van der Waals surface area contributed by atoms with E-state index in [-0.39, 0.29) is 17.7 Å². The number of hydrogen-bond donors (Lipinski definition) is 3. The Labute approximate surface area is 220 Å². The van der Waals surface area contributed by atoms with E-state index in [4.69, 9.17) is 24.7 Å². The molecule has 0 saturated carbocycles. The molecule has 1 aliphatic rings. The molecule has 3 aromatic carbocycles. The van der Waals surface area contributed by atoms with Crippen LogP contribution in [0.3, 0.4) is 0 Å². The van der Waals surface area contributed by atoms with Gasteiger partial charge in [-0.3, -0.25) is 5.41 Å². The molecule has 1 aromatic heterocycles. The lowest BCUT2D eigenvalue weighted by Gasteiger charge is -2.33. The molecule has 0 amide bonds. The topological polar surface area (TPSA) is 105 Å². The first-order valence-electron chi connectivity index (χ1n) is 12.5. The zero-order chi connectivity index (χ0) is 25.8. The van der Waals surface area contributed by atoms with Gasteiger partial charge in [-0.1, -0.05) is 60.3 Å². The van der Waals surface area contributed by atoms with Crippen LogP contribution in [0.1, 0.15) is 30.1 Å². The number of likely N-dealkylation sites (tertiary alicyclic amines) is 1. The van der Waals surface area contributed by atoms with E-state index in [0.29, 0.717) is 29.6 Å². The fraction of sp³-hybridized carbons (Fsp3) is 0.310. The predicted octanol–water partition coefficient (Wildman–Crippen LogP) is 4.03. The average Bonchev–Trinajstić information content (AvgIpc) is 3.37. The van der Waals surface area contributed by atoms with E-state index in [1.165, 1.54) is 16.3 Å². The number of nitrogens with zero attached hydrogens (tertiary/aromatic N) is 1. The number of piperidine rings is 1. The fourth-order valence-electron chi connectivity index (χ4n) is 4.92. The van der Waals surface area contributed by atoms with Crippen molar-refractivity contribution in [2.45, 2.75) is 24.9 Å². The SMILES string of the molecule is CSC(=N)OC(=[NH2+])c1cc2c(OC[C@H](O)CN3CCC(c4ccc5ccccc5c4)CC3)cccc2o1. The molecule has 192 valence electrons. The summed E-state index contributed by atoms with van der Waals surface area (Å²) in [6.45, 7) is 2.66. The first-order chi connectivity index (χ1) is 18.0. The first kappa shape index (κ1) is 25.3. The number of aliphatic hydroxyl groups excluding tert-OH is 1. The van der Waals surface area contributed by atoms with Gasteiger partial charge in [-0.05, 0) is 66.6 Å². The van der Waals surface area contributed by atoms with Crippen LogP contribution in [-0.4, -0.2) is 59.7 Å². The monoisotopic (exact) mass is 518 g/mol. The smallest absolute Gasteiger partial charge is 0.410 e. The zero-order valence-electron chi connectivity index (χ0n) is 20.9. The van der Waals surface area contributed by atoms with Crippen molar-refractivity contribution in [3.8, 4) is 5.75 Å². The largest absolute Gasteiger partial charge is 0.490 e. The molecule has 5 rings (SSSR count). The Bertz CT molecular complexity index is 1410. The van der Waals surface area contributed by atoms with Crippen LogP contribution in [0.4, 0.5) is 0 Å². The lowest BCUT2D eigenvalue weighted by Crippen LogP contribution is -2.42. The van der Waals surface area contributed by atoms with Crippen molar-refractivity contribution in [1.82, 2.24) is 4.90 Å². The van der Waals surface area contributed by atoms with Gasteiger partial charge in [0, 0.05) is 12.6 Å². The van der Waals surface area contributed by atoms with Crippen molar-refractivity contribution in [3.63, 3.8) is 0 Å². The van der Waals surface area contributed by atoms with Crippen LogP contribution in [0.15, 0.2) is 71.1 Å². The van der Waals surface area contributed by atoms with Gasteiger partial charge in [-0.15, -0.1) is 0 Å². The van der Waals surface area contributed by atoms with E-state index < -0.39 is 6.10 Å². The minimum Gasteiger partial charge on any atom is -0.490 e. The molecule has 0 spiro atoms. The third kappa shape index (κ3) is 5.98. The summed E-state index contributed by atoms with van der Waals surface area (Å²) in [4.78, 5) is 2.32. The van der Waals surface area contributed by atoms with Gasteiger partial charge >= 0.3 is 5.90 Å². The number of benzene rings is 3. The summed E-state index contributed by atoms with van der Waals surface area (Å²) in [5, 5.41) is 27.6. The fourth-order valence-corrected chi connectivity index (χ4v) is 5.09. The molecule has 4 N–H and O–H groups in total. The predicted molar refractivity (Wildman–Crippen MR) is 148 cm³/mol. The molecule has 1 aliphatic heterocycles. The van der Waals surface area contributed by atoms with E-state index in [1.54, 1.807) is 12.3 Å². The van der Waals surface area contributed by atoms with Crippen LogP contribution in [0.25, 0.3) is 21.7 Å². The van der Waals surface area contributed by atoms with E-state index >= 15 is 0 Å². The highest BCUT2D eigenvalue weighted by atomic mass is 32.2. The van der Waals surface area contributed by atoms with Crippen molar-refractivity contribution < 1.29 is 24.4 Å². The Kier molecular flexibility index (Phi) is 7.79. The van der Waals surface area contributed by atoms with E-state index in [9.17, 15) is 5.11 Å². The van der Waals surface area contributed by atoms with E-state index in [2.05, 4.69) is 47.4 Å². The van der Waals surface area contributed by atoms with Crippen molar-refractivity contribution in [2.75, 3.05) is 32.5 Å². The van der Waals surface area contributed by atoms with Crippen LogP contribution in [0.2, 0.25) is 0 Å². The number of nitrogens with two attached hydrogens (primary N) is 1. The molecule has 0 radical (unpaired) electrons. The normalized spacial score (nSPS) is 15.6. The average molecular weight is 519 g/mol. The first-order valence-corrected chi connectivity index (χ1v) is 13.7. The lowest BCUT2D eigenvalue weighted by atomic mass is 9.88. The van der Waals surface area contributed by atoms with Gasteiger partial charge in [0.25, 0.3) is 5.23 Å². The number of ether oxygens (including phenoxy) is 2. The third-order valence-corrected chi connectivity index (χ3v) is 7.34. The second kappa shape index (κ2) is 11.4. The van der Waals surface area contributed by atoms with Crippen molar-refractivity contribution >= 4 is 44.6 Å². The Morgan fingerprint density at radius 2 is 1.89 bits per heavy atom. The van der Waals surface area contributed by atoms with Gasteiger partial charge in [-0.2, -0.15) is 0 Å². The van der Waals surface area contributed by atoms with Crippen LogP contribution in [0, 0.1) is 5.41 Å². The molecule has 1 saturated heterocycles. The number of furan rings is 1. The number of fused-ring (bicyclic) bond motifs is 2. The van der Waals surface area contributed by atoms with Crippen LogP contribution in [-0.2, 0) is 4.74 Å². The molecule has 0 aliphatic carbocycles. The summed E-state index contributed by atoms with van der Waals surface area (Å²) in [7, 11) is 0. The van der Waals surface area contributed by atoms with Gasteiger partial charge in [0.1, 0.15) is 24.0 Å². The summed E-state index contributed by atoms with van der Waals surface area (Å²) in [6.07, 6.45) is 3.29. The molecule has 37 heavy (non-hydrogen) atoms. The number of aliphatic hydroxyl groups is 1. The standard InChI is InChI=1S/C29H31N3O4S/c1-37-29(31)36-28(30)27-16-24-25(7-4-8-26(24)35-27)34-18-23(33)17-32-13-11-20(12-14-32)22-10-9-19-5-2-3-6-21(19)15-22/h2-10,15-16,20,23,30-31,33H,11-14,17-18H2,1H3/p+1/t23-/m1/s1. The minimum atomic E-state index is -0.610. The summed E-state index contributed by atoms with van der Waals surface area (Å²) in [6, 6.07) is 22.5. The number of β-amino-alcohol motifs (C(OH)–C–C–N with tert-alkyl or cyclic N) is 1. The second-order valence-electron chi connectivity index (χ2n) is 9.38. The molecule has 1 atom stereocenters. The number of rotatable bonds is 7. The van der Waals surface area contributed by atoms with Crippen molar-refractivity contribution in [2.24, 2.45) is 0 Å². The summed E-state index contributed by atoms with van der Waals surface area (Å²) in [5.41, 5.74) is 2.00. The summed E-state index contributed by atoms with van der Waals surface area (Å²) < 4.78 is 17.0.